The molecule has 3 atom stereocenters. The molecule has 0 saturated carbocycles. The second kappa shape index (κ2) is 6.93. The summed E-state index contributed by atoms with van der Waals surface area (Å²) in [5.74, 6) is 0.603. The Kier molecular flexibility index (Phi) is 5.88. The average Bonchev–Trinajstić information content (AvgIpc) is 2.69. The van der Waals surface area contributed by atoms with Gasteiger partial charge in [-0.1, -0.05) is 0 Å². The average molecular weight is 243 g/mol. The lowest BCUT2D eigenvalue weighted by atomic mass is 10.1. The SMILES string of the molecule is COCCNC(=O)C(C)N1CC(CN)CC1C. The molecule has 0 bridgehead atoms. The van der Waals surface area contributed by atoms with E-state index in [2.05, 4.69) is 17.1 Å². The first kappa shape index (κ1) is 14.4. The molecule has 5 heteroatoms. The van der Waals surface area contributed by atoms with Crippen molar-refractivity contribution in [1.82, 2.24) is 10.2 Å². The van der Waals surface area contributed by atoms with Crippen LogP contribution in [0.1, 0.15) is 20.3 Å². The Balaban J connectivity index is 2.40. The highest BCUT2D eigenvalue weighted by atomic mass is 16.5. The van der Waals surface area contributed by atoms with Crippen molar-refractivity contribution in [3.63, 3.8) is 0 Å². The monoisotopic (exact) mass is 243 g/mol. The highest BCUT2D eigenvalue weighted by molar-refractivity contribution is 5.81. The second-order valence-electron chi connectivity index (χ2n) is 4.84. The van der Waals surface area contributed by atoms with Crippen LogP contribution in [0, 0.1) is 5.92 Å². The molecule has 1 heterocycles. The fraction of sp³-hybridized carbons (Fsp3) is 0.917. The van der Waals surface area contributed by atoms with E-state index in [1.165, 1.54) is 0 Å². The van der Waals surface area contributed by atoms with Crippen molar-refractivity contribution < 1.29 is 9.53 Å². The van der Waals surface area contributed by atoms with Crippen LogP contribution in [0.15, 0.2) is 0 Å². The van der Waals surface area contributed by atoms with Gasteiger partial charge in [-0.15, -0.1) is 0 Å². The predicted octanol–water partition coefficient (Wildman–Crippen LogP) is -0.193. The van der Waals surface area contributed by atoms with Crippen LogP contribution in [0.4, 0.5) is 0 Å². The van der Waals surface area contributed by atoms with Gasteiger partial charge in [-0.2, -0.15) is 0 Å². The van der Waals surface area contributed by atoms with Gasteiger partial charge in [0.15, 0.2) is 0 Å². The minimum atomic E-state index is -0.0848. The van der Waals surface area contributed by atoms with Crippen LogP contribution < -0.4 is 11.1 Å². The lowest BCUT2D eigenvalue weighted by Crippen LogP contribution is -2.47. The Morgan fingerprint density at radius 1 is 1.65 bits per heavy atom. The summed E-state index contributed by atoms with van der Waals surface area (Å²) in [5, 5.41) is 2.88. The highest BCUT2D eigenvalue weighted by Gasteiger charge is 2.33. The van der Waals surface area contributed by atoms with Crippen molar-refractivity contribution in [3.8, 4) is 0 Å². The number of hydrogen-bond acceptors (Lipinski definition) is 4. The standard InChI is InChI=1S/C12H25N3O2/c1-9-6-11(7-13)8-15(9)10(2)12(16)14-4-5-17-3/h9-11H,4-8,13H2,1-3H3,(H,14,16). The van der Waals surface area contributed by atoms with Crippen molar-refractivity contribution >= 4 is 5.91 Å². The molecule has 100 valence electrons. The van der Waals surface area contributed by atoms with Crippen molar-refractivity contribution in [2.45, 2.75) is 32.4 Å². The zero-order valence-corrected chi connectivity index (χ0v) is 11.1. The zero-order chi connectivity index (χ0) is 12.8. The first-order valence-corrected chi connectivity index (χ1v) is 6.32. The molecule has 1 amide bonds. The first-order valence-electron chi connectivity index (χ1n) is 6.32. The van der Waals surface area contributed by atoms with E-state index < -0.39 is 0 Å². The fourth-order valence-corrected chi connectivity index (χ4v) is 2.46. The largest absolute Gasteiger partial charge is 0.383 e. The van der Waals surface area contributed by atoms with Crippen molar-refractivity contribution in [1.29, 1.82) is 0 Å². The smallest absolute Gasteiger partial charge is 0.237 e. The van der Waals surface area contributed by atoms with Crippen LogP contribution in [0.2, 0.25) is 0 Å². The summed E-state index contributed by atoms with van der Waals surface area (Å²) >= 11 is 0. The van der Waals surface area contributed by atoms with E-state index in [-0.39, 0.29) is 11.9 Å². The molecular weight excluding hydrogens is 218 g/mol. The summed E-state index contributed by atoms with van der Waals surface area (Å²) in [6.45, 7) is 6.88. The maximum Gasteiger partial charge on any atom is 0.237 e. The minimum Gasteiger partial charge on any atom is -0.383 e. The van der Waals surface area contributed by atoms with Crippen molar-refractivity contribution in [3.05, 3.63) is 0 Å². The van der Waals surface area contributed by atoms with Crippen LogP contribution in [-0.2, 0) is 9.53 Å². The van der Waals surface area contributed by atoms with E-state index in [0.29, 0.717) is 31.7 Å². The molecule has 1 aliphatic heterocycles. The Morgan fingerprint density at radius 3 is 2.88 bits per heavy atom. The molecule has 17 heavy (non-hydrogen) atoms. The van der Waals surface area contributed by atoms with Gasteiger partial charge in [-0.05, 0) is 32.7 Å². The van der Waals surface area contributed by atoms with Crippen LogP contribution in [0.25, 0.3) is 0 Å². The molecule has 0 spiro atoms. The molecule has 0 aromatic rings. The fourth-order valence-electron chi connectivity index (χ4n) is 2.46. The molecule has 0 radical (unpaired) electrons. The maximum absolute atomic E-state index is 11.9. The number of nitrogens with two attached hydrogens (primary N) is 1. The molecular formula is C12H25N3O2. The number of methoxy groups -OCH3 is 1. The molecule has 1 saturated heterocycles. The third-order valence-electron chi connectivity index (χ3n) is 3.53. The van der Waals surface area contributed by atoms with Gasteiger partial charge in [0.05, 0.1) is 12.6 Å². The van der Waals surface area contributed by atoms with Gasteiger partial charge in [0, 0.05) is 26.2 Å². The molecule has 5 nitrogen and oxygen atoms in total. The van der Waals surface area contributed by atoms with Crippen LogP contribution in [0.5, 0.6) is 0 Å². The maximum atomic E-state index is 11.9. The summed E-state index contributed by atoms with van der Waals surface area (Å²) < 4.78 is 4.91. The van der Waals surface area contributed by atoms with Crippen LogP contribution in [0.3, 0.4) is 0 Å². The summed E-state index contributed by atoms with van der Waals surface area (Å²) in [6.07, 6.45) is 1.09. The molecule has 1 rings (SSSR count). The van der Waals surface area contributed by atoms with E-state index >= 15 is 0 Å². The van der Waals surface area contributed by atoms with Gasteiger partial charge in [-0.25, -0.2) is 0 Å². The second-order valence-corrected chi connectivity index (χ2v) is 4.84. The van der Waals surface area contributed by atoms with E-state index in [0.717, 1.165) is 13.0 Å². The van der Waals surface area contributed by atoms with Gasteiger partial charge >= 0.3 is 0 Å². The van der Waals surface area contributed by atoms with Gasteiger partial charge in [0.2, 0.25) is 5.91 Å². The normalized spacial score (nSPS) is 27.1. The zero-order valence-electron chi connectivity index (χ0n) is 11.1. The van der Waals surface area contributed by atoms with Gasteiger partial charge in [0.25, 0.3) is 0 Å². The Hall–Kier alpha value is -0.650. The summed E-state index contributed by atoms with van der Waals surface area (Å²) in [7, 11) is 1.63. The van der Waals surface area contributed by atoms with Gasteiger partial charge < -0.3 is 15.8 Å². The first-order chi connectivity index (χ1) is 8.10. The molecule has 3 N–H and O–H groups in total. The number of carbonyl (C=O) groups is 1. The van der Waals surface area contributed by atoms with E-state index in [1.54, 1.807) is 7.11 Å². The predicted molar refractivity (Wildman–Crippen MR) is 67.7 cm³/mol. The van der Waals surface area contributed by atoms with Gasteiger partial charge in [-0.3, -0.25) is 9.69 Å². The summed E-state index contributed by atoms with van der Waals surface area (Å²) in [5.41, 5.74) is 5.69. The molecule has 0 aliphatic carbocycles. The lowest BCUT2D eigenvalue weighted by Gasteiger charge is -2.27. The Bertz CT molecular complexity index is 248. The van der Waals surface area contributed by atoms with E-state index in [4.69, 9.17) is 10.5 Å². The summed E-state index contributed by atoms with van der Waals surface area (Å²) in [6, 6.07) is 0.352. The number of likely N-dealkylation sites (tertiary alicyclic amines) is 1. The molecule has 0 aromatic carbocycles. The number of amides is 1. The molecule has 1 fully saturated rings. The topological polar surface area (TPSA) is 67.6 Å². The van der Waals surface area contributed by atoms with E-state index in [1.807, 2.05) is 6.92 Å². The van der Waals surface area contributed by atoms with Crippen LogP contribution >= 0.6 is 0 Å². The number of nitrogens with one attached hydrogen (secondary N) is 1. The number of carbonyl (C=O) groups excluding carboxylic acids is 1. The third kappa shape index (κ3) is 3.94. The third-order valence-corrected chi connectivity index (χ3v) is 3.53. The van der Waals surface area contributed by atoms with Crippen molar-refractivity contribution in [2.75, 3.05) is 33.4 Å². The molecule has 0 aromatic heterocycles. The van der Waals surface area contributed by atoms with E-state index in [9.17, 15) is 4.79 Å². The number of rotatable bonds is 6. The minimum absolute atomic E-state index is 0.0755. The number of hydrogen-bond donors (Lipinski definition) is 2. The number of nitrogens with zero attached hydrogens (tertiary/aromatic N) is 1. The number of ether oxygens (including phenoxy) is 1. The Labute approximate surface area is 104 Å². The van der Waals surface area contributed by atoms with Crippen LogP contribution in [-0.4, -0.2) is 56.2 Å². The molecule has 1 aliphatic rings. The molecule has 3 unspecified atom stereocenters. The summed E-state index contributed by atoms with van der Waals surface area (Å²) in [4.78, 5) is 14.1. The van der Waals surface area contributed by atoms with Crippen molar-refractivity contribution in [2.24, 2.45) is 11.7 Å². The lowest BCUT2D eigenvalue weighted by molar-refractivity contribution is -0.126. The highest BCUT2D eigenvalue weighted by Crippen LogP contribution is 2.24. The van der Waals surface area contributed by atoms with Gasteiger partial charge in [0.1, 0.15) is 0 Å². The quantitative estimate of drug-likeness (QED) is 0.634. The Morgan fingerprint density at radius 2 is 2.35 bits per heavy atom.